The number of carbonyl (C=O) groups is 2. The van der Waals surface area contributed by atoms with Crippen LogP contribution in [0.5, 0.6) is 0 Å². The van der Waals surface area contributed by atoms with Crippen molar-refractivity contribution in [1.82, 2.24) is 24.7 Å². The molecule has 12 heteroatoms. The van der Waals surface area contributed by atoms with Gasteiger partial charge in [-0.15, -0.1) is 0 Å². The molecule has 1 aliphatic heterocycles. The normalized spacial score (nSPS) is 19.3. The molecule has 44 heavy (non-hydrogen) atoms. The average molecular weight is 604 g/mol. The third-order valence-corrected chi connectivity index (χ3v) is 8.22. The van der Waals surface area contributed by atoms with Gasteiger partial charge in [-0.2, -0.15) is 13.2 Å². The summed E-state index contributed by atoms with van der Waals surface area (Å²) < 4.78 is 41.3. The molecule has 2 amide bonds. The monoisotopic (exact) mass is 603 g/mol. The molecule has 1 aliphatic carbocycles. The van der Waals surface area contributed by atoms with E-state index in [0.29, 0.717) is 29.0 Å². The molecule has 1 aromatic carbocycles. The predicted molar refractivity (Wildman–Crippen MR) is 161 cm³/mol. The molecular formula is C32H32F3N7O2. The molecule has 1 saturated carbocycles. The lowest BCUT2D eigenvalue weighted by atomic mass is 10.1. The Hall–Kier alpha value is -4.74. The minimum absolute atomic E-state index is 0.0794. The average Bonchev–Trinajstić information content (AvgIpc) is 3.62. The number of amides is 2. The zero-order chi connectivity index (χ0) is 30.8. The van der Waals surface area contributed by atoms with Gasteiger partial charge in [0, 0.05) is 35.7 Å². The Kier molecular flexibility index (Phi) is 8.07. The van der Waals surface area contributed by atoms with E-state index in [-0.39, 0.29) is 29.2 Å². The summed E-state index contributed by atoms with van der Waals surface area (Å²) in [5, 5.41) is 5.63. The van der Waals surface area contributed by atoms with Gasteiger partial charge < -0.3 is 16.4 Å². The van der Waals surface area contributed by atoms with Gasteiger partial charge >= 0.3 is 6.18 Å². The van der Waals surface area contributed by atoms with Crippen molar-refractivity contribution in [2.24, 2.45) is 0 Å². The number of hydrogen-bond donors (Lipinski definition) is 3. The fourth-order valence-electron chi connectivity index (χ4n) is 6.00. The first-order chi connectivity index (χ1) is 21.2. The van der Waals surface area contributed by atoms with E-state index in [2.05, 4.69) is 31.1 Å². The Bertz CT molecular complexity index is 1730. The molecule has 4 aromatic rings. The number of nitrogens with one attached hydrogen (secondary N) is 2. The molecule has 4 heterocycles. The van der Waals surface area contributed by atoms with Crippen LogP contribution in [0.25, 0.3) is 22.9 Å². The number of nitrogens with zero attached hydrogens (tertiary/aromatic N) is 4. The van der Waals surface area contributed by atoms with Crippen LogP contribution in [0.2, 0.25) is 0 Å². The summed E-state index contributed by atoms with van der Waals surface area (Å²) >= 11 is 0. The van der Waals surface area contributed by atoms with Crippen LogP contribution in [0.4, 0.5) is 24.8 Å². The van der Waals surface area contributed by atoms with Crippen molar-refractivity contribution in [3.05, 3.63) is 77.5 Å². The highest BCUT2D eigenvalue weighted by molar-refractivity contribution is 6.04. The summed E-state index contributed by atoms with van der Waals surface area (Å²) in [7, 11) is 0. The minimum atomic E-state index is -4.55. The molecule has 2 bridgehead atoms. The lowest BCUT2D eigenvalue weighted by Crippen LogP contribution is -2.32. The molecule has 4 N–H and O–H groups in total. The third-order valence-electron chi connectivity index (χ3n) is 8.22. The summed E-state index contributed by atoms with van der Waals surface area (Å²) in [5.41, 5.74) is 8.62. The summed E-state index contributed by atoms with van der Waals surface area (Å²) in [4.78, 5) is 38.8. The number of allylic oxidation sites excluding steroid dienone is 1. The summed E-state index contributed by atoms with van der Waals surface area (Å²) in [5.74, 6) is 0.541. The fraction of sp³-hybridized carbons (Fsp3) is 0.344. The maximum absolute atomic E-state index is 13.1. The van der Waals surface area contributed by atoms with Crippen LogP contribution in [0.15, 0.2) is 54.9 Å². The lowest BCUT2D eigenvalue weighted by molar-refractivity contribution is -0.137. The number of nitrogen functional groups attached to an aromatic ring is 1. The van der Waals surface area contributed by atoms with E-state index >= 15 is 0 Å². The van der Waals surface area contributed by atoms with E-state index in [1.165, 1.54) is 0 Å². The second kappa shape index (κ2) is 12.1. The number of aromatic nitrogens is 4. The van der Waals surface area contributed by atoms with Crippen molar-refractivity contribution in [3.8, 4) is 11.3 Å². The highest BCUT2D eigenvalue weighted by Gasteiger charge is 2.33. The first-order valence-electron chi connectivity index (χ1n) is 14.7. The van der Waals surface area contributed by atoms with Crippen LogP contribution in [-0.4, -0.2) is 37.2 Å². The van der Waals surface area contributed by atoms with Crippen LogP contribution in [0.3, 0.4) is 0 Å². The molecule has 228 valence electrons. The van der Waals surface area contributed by atoms with Gasteiger partial charge in [0.2, 0.25) is 5.91 Å². The van der Waals surface area contributed by atoms with E-state index in [4.69, 9.17) is 10.7 Å². The number of hydrogen-bond acceptors (Lipinski definition) is 6. The van der Waals surface area contributed by atoms with Gasteiger partial charge in [0.15, 0.2) is 0 Å². The molecule has 3 aromatic heterocycles. The van der Waals surface area contributed by atoms with Gasteiger partial charge in [0.25, 0.3) is 5.91 Å². The highest BCUT2D eigenvalue weighted by Crippen LogP contribution is 2.39. The Labute approximate surface area is 251 Å². The first kappa shape index (κ1) is 29.3. The van der Waals surface area contributed by atoms with E-state index in [0.717, 1.165) is 74.8 Å². The molecule has 2 atom stereocenters. The van der Waals surface area contributed by atoms with Gasteiger partial charge in [-0.25, -0.2) is 15.0 Å². The van der Waals surface area contributed by atoms with Gasteiger partial charge in [-0.1, -0.05) is 24.6 Å². The number of carbonyl (C=O) groups excluding carboxylic acids is 2. The fourth-order valence-corrected chi connectivity index (χ4v) is 6.00. The number of benzene rings is 1. The summed E-state index contributed by atoms with van der Waals surface area (Å²) in [6.45, 7) is 0. The van der Waals surface area contributed by atoms with Crippen LogP contribution in [0, 0.1) is 0 Å². The van der Waals surface area contributed by atoms with Crippen LogP contribution >= 0.6 is 0 Å². The first-order valence-corrected chi connectivity index (χ1v) is 14.7. The second-order valence-corrected chi connectivity index (χ2v) is 11.3. The van der Waals surface area contributed by atoms with Crippen LogP contribution in [0.1, 0.15) is 84.7 Å². The number of alkyl halides is 3. The van der Waals surface area contributed by atoms with Gasteiger partial charge in [0.05, 0.1) is 17.5 Å². The zero-order valence-electron chi connectivity index (χ0n) is 23.9. The zero-order valence-corrected chi connectivity index (χ0v) is 23.9. The van der Waals surface area contributed by atoms with Crippen molar-refractivity contribution in [3.63, 3.8) is 0 Å². The number of anilines is 2. The number of rotatable bonds is 3. The van der Waals surface area contributed by atoms with Gasteiger partial charge in [-0.3, -0.25) is 14.0 Å². The molecule has 1 fully saturated rings. The predicted octanol–water partition coefficient (Wildman–Crippen LogP) is 6.37. The van der Waals surface area contributed by atoms with E-state index in [1.807, 2.05) is 6.08 Å². The molecule has 0 saturated heterocycles. The molecule has 2 aliphatic rings. The largest absolute Gasteiger partial charge is 0.416 e. The van der Waals surface area contributed by atoms with Crippen molar-refractivity contribution >= 4 is 35.0 Å². The SMILES string of the molecule is Nc1ncc2n3c(nc(-c4ccc(C(=O)Nc5cc(C(F)(F)F)ccn5)cc4)c13)[C@@H]1CC[C@H](C1)NC(=O)CCCCCC=C2. The summed E-state index contributed by atoms with van der Waals surface area (Å²) in [6, 6.07) is 8.33. The number of halogens is 3. The molecule has 9 nitrogen and oxygen atoms in total. The highest BCUT2D eigenvalue weighted by atomic mass is 19.4. The van der Waals surface area contributed by atoms with Crippen molar-refractivity contribution < 1.29 is 22.8 Å². The van der Waals surface area contributed by atoms with Crippen molar-refractivity contribution in [1.29, 1.82) is 0 Å². The Balaban J connectivity index is 1.34. The Morgan fingerprint density at radius 1 is 1.07 bits per heavy atom. The smallest absolute Gasteiger partial charge is 0.382 e. The van der Waals surface area contributed by atoms with Crippen LogP contribution in [-0.2, 0) is 11.0 Å². The number of pyridine rings is 1. The van der Waals surface area contributed by atoms with Gasteiger partial charge in [0.1, 0.15) is 28.7 Å². The third kappa shape index (κ3) is 6.15. The second-order valence-electron chi connectivity index (χ2n) is 11.3. The topological polar surface area (TPSA) is 127 Å². The number of nitrogens with two attached hydrogens (primary N) is 1. The van der Waals surface area contributed by atoms with Crippen molar-refractivity contribution in [2.45, 2.75) is 69.5 Å². The Morgan fingerprint density at radius 3 is 2.68 bits per heavy atom. The number of fused-ring (bicyclic) bond motifs is 3. The Morgan fingerprint density at radius 2 is 1.89 bits per heavy atom. The maximum Gasteiger partial charge on any atom is 0.416 e. The molecule has 0 radical (unpaired) electrons. The van der Waals surface area contributed by atoms with Crippen LogP contribution < -0.4 is 16.4 Å². The molecule has 0 spiro atoms. The van der Waals surface area contributed by atoms with E-state index < -0.39 is 17.6 Å². The minimum Gasteiger partial charge on any atom is -0.382 e. The lowest BCUT2D eigenvalue weighted by Gasteiger charge is -2.14. The molecular weight excluding hydrogens is 571 g/mol. The summed E-state index contributed by atoms with van der Waals surface area (Å²) in [6.07, 6.45) is 9.06. The van der Waals surface area contributed by atoms with Gasteiger partial charge in [-0.05, 0) is 68.9 Å². The quantitative estimate of drug-likeness (QED) is 0.250. The van der Waals surface area contributed by atoms with Crippen molar-refractivity contribution in [2.75, 3.05) is 11.1 Å². The molecule has 6 rings (SSSR count). The maximum atomic E-state index is 13.1. The van der Waals surface area contributed by atoms with E-state index in [9.17, 15) is 22.8 Å². The number of imidazole rings is 1. The molecule has 0 unspecified atom stereocenters. The van der Waals surface area contributed by atoms with E-state index in [1.54, 1.807) is 30.5 Å². The standard InChI is InChI=1S/C32H32F3N7O2/c33-32(34,35)22-14-15-37-25(17-22)40-31(44)20-10-8-19(9-11-20)27-28-29(36)38-18-24-6-4-2-1-3-5-7-26(43)39-23-13-12-21(16-23)30(41-27)42(24)28/h4,6,8-11,14-15,17-18,21,23H,1-3,5,7,12-13,16H2,(H2,36,38)(H,39,43)(H,37,40,44)/t21-,23-/m1/s1.